The number of phenols is 1. The highest BCUT2D eigenvalue weighted by molar-refractivity contribution is 5.77. The average molecular weight is 399 g/mol. The number of aryl methyl sites for hydroxylation is 2. The van der Waals surface area contributed by atoms with Crippen molar-refractivity contribution in [3.05, 3.63) is 52.3 Å². The Balaban J connectivity index is 2.70. The molecule has 8 heteroatoms. The molecule has 0 spiro atoms. The van der Waals surface area contributed by atoms with Gasteiger partial charge in [0.25, 0.3) is 0 Å². The number of alkyl halides is 3. The Morgan fingerprint density at radius 2 is 1.82 bits per heavy atom. The van der Waals surface area contributed by atoms with Crippen LogP contribution in [0.25, 0.3) is 11.1 Å². The predicted octanol–water partition coefficient (Wildman–Crippen LogP) is 4.79. The number of carbonyl (C=O) groups excluding carboxylic acids is 1. The molecule has 0 aliphatic rings. The number of carbonyl (C=O) groups is 1. The summed E-state index contributed by atoms with van der Waals surface area (Å²) < 4.78 is 59.6. The minimum absolute atomic E-state index is 0.0401. The average Bonchev–Trinajstić information content (AvgIpc) is 2.58. The maximum atomic E-state index is 14.6. The van der Waals surface area contributed by atoms with Crippen molar-refractivity contribution in [1.29, 1.82) is 0 Å². The molecule has 2 rings (SSSR count). The van der Waals surface area contributed by atoms with Crippen LogP contribution in [0.5, 0.6) is 5.75 Å². The maximum Gasteiger partial charge on any atom is 0.419 e. The minimum atomic E-state index is -4.98. The molecule has 0 saturated heterocycles. The van der Waals surface area contributed by atoms with Crippen molar-refractivity contribution in [3.8, 4) is 16.9 Å². The molecule has 0 saturated carbocycles. The minimum Gasteiger partial charge on any atom is -0.507 e. The van der Waals surface area contributed by atoms with Gasteiger partial charge in [-0.15, -0.1) is 0 Å². The van der Waals surface area contributed by atoms with Crippen LogP contribution < -0.4 is 5.73 Å². The SMILES string of the molecule is CCOC(=O)C[C@H](N)c1cc(-c2c(C)ccc(C)c2O)cc(C(F)(F)F)c1F. The van der Waals surface area contributed by atoms with Crippen molar-refractivity contribution in [1.82, 2.24) is 0 Å². The van der Waals surface area contributed by atoms with E-state index >= 15 is 0 Å². The summed E-state index contributed by atoms with van der Waals surface area (Å²) in [4.78, 5) is 11.6. The molecule has 0 aliphatic carbocycles. The Bertz CT molecular complexity index is 894. The number of hydrogen-bond acceptors (Lipinski definition) is 4. The van der Waals surface area contributed by atoms with E-state index in [2.05, 4.69) is 0 Å². The van der Waals surface area contributed by atoms with Crippen LogP contribution in [-0.4, -0.2) is 17.7 Å². The van der Waals surface area contributed by atoms with Crippen LogP contribution in [0.1, 0.15) is 41.6 Å². The fraction of sp³-hybridized carbons (Fsp3) is 0.350. The Morgan fingerprint density at radius 3 is 2.39 bits per heavy atom. The van der Waals surface area contributed by atoms with E-state index in [-0.39, 0.29) is 23.5 Å². The van der Waals surface area contributed by atoms with Gasteiger partial charge in [-0.05, 0) is 49.6 Å². The van der Waals surface area contributed by atoms with Crippen molar-refractivity contribution in [2.45, 2.75) is 39.4 Å². The number of benzene rings is 2. The first-order chi connectivity index (χ1) is 13.0. The standard InChI is InChI=1S/C20H21F4NO3/c1-4-28-16(26)9-15(25)13-7-12(8-14(18(13)21)20(22,23)24)17-10(2)5-6-11(3)19(17)27/h5-8,15,27H,4,9,25H2,1-3H3/t15-/m0/s1. The fourth-order valence-electron chi connectivity index (χ4n) is 2.94. The molecular formula is C20H21F4NO3. The van der Waals surface area contributed by atoms with Gasteiger partial charge in [-0.25, -0.2) is 4.39 Å². The van der Waals surface area contributed by atoms with E-state index in [4.69, 9.17) is 10.5 Å². The number of ether oxygens (including phenoxy) is 1. The summed E-state index contributed by atoms with van der Waals surface area (Å²) in [6.45, 7) is 4.84. The van der Waals surface area contributed by atoms with Crippen molar-refractivity contribution in [2.24, 2.45) is 5.73 Å². The second-order valence-corrected chi connectivity index (χ2v) is 6.46. The molecular weight excluding hydrogens is 378 g/mol. The van der Waals surface area contributed by atoms with E-state index in [9.17, 15) is 27.5 Å². The van der Waals surface area contributed by atoms with Gasteiger partial charge in [-0.1, -0.05) is 12.1 Å². The zero-order valence-electron chi connectivity index (χ0n) is 15.7. The summed E-state index contributed by atoms with van der Waals surface area (Å²) in [6, 6.07) is 3.69. The van der Waals surface area contributed by atoms with Gasteiger partial charge in [0.2, 0.25) is 0 Å². The lowest BCUT2D eigenvalue weighted by atomic mass is 9.91. The molecule has 0 bridgehead atoms. The third kappa shape index (κ3) is 4.44. The largest absolute Gasteiger partial charge is 0.507 e. The Morgan fingerprint density at radius 1 is 1.21 bits per heavy atom. The molecule has 0 amide bonds. The highest BCUT2D eigenvalue weighted by atomic mass is 19.4. The molecule has 2 aromatic rings. The van der Waals surface area contributed by atoms with Gasteiger partial charge >= 0.3 is 12.1 Å². The van der Waals surface area contributed by atoms with E-state index in [1.807, 2.05) is 0 Å². The van der Waals surface area contributed by atoms with Crippen LogP contribution in [0.3, 0.4) is 0 Å². The Hall–Kier alpha value is -2.61. The zero-order chi connectivity index (χ0) is 21.2. The molecule has 0 unspecified atom stereocenters. The summed E-state index contributed by atoms with van der Waals surface area (Å²) in [5, 5.41) is 10.4. The van der Waals surface area contributed by atoms with Gasteiger partial charge in [-0.3, -0.25) is 4.79 Å². The second-order valence-electron chi connectivity index (χ2n) is 6.46. The predicted molar refractivity (Wildman–Crippen MR) is 96.2 cm³/mol. The molecule has 0 aromatic heterocycles. The van der Waals surface area contributed by atoms with E-state index in [0.29, 0.717) is 17.2 Å². The first kappa shape index (κ1) is 21.7. The summed E-state index contributed by atoms with van der Waals surface area (Å²) in [5.74, 6) is -2.49. The molecule has 152 valence electrons. The van der Waals surface area contributed by atoms with E-state index in [0.717, 1.165) is 6.07 Å². The summed E-state index contributed by atoms with van der Waals surface area (Å²) >= 11 is 0. The van der Waals surface area contributed by atoms with Crippen molar-refractivity contribution in [3.63, 3.8) is 0 Å². The van der Waals surface area contributed by atoms with Crippen LogP contribution in [0.2, 0.25) is 0 Å². The van der Waals surface area contributed by atoms with Crippen LogP contribution in [0, 0.1) is 19.7 Å². The molecule has 28 heavy (non-hydrogen) atoms. The number of aromatic hydroxyl groups is 1. The molecule has 0 aliphatic heterocycles. The van der Waals surface area contributed by atoms with Crippen molar-refractivity contribution >= 4 is 5.97 Å². The van der Waals surface area contributed by atoms with E-state index in [1.54, 1.807) is 32.9 Å². The number of hydrogen-bond donors (Lipinski definition) is 2. The van der Waals surface area contributed by atoms with Crippen LogP contribution in [0.4, 0.5) is 17.6 Å². The second kappa shape index (κ2) is 8.18. The topological polar surface area (TPSA) is 72.5 Å². The van der Waals surface area contributed by atoms with E-state index < -0.39 is 41.6 Å². The normalized spacial score (nSPS) is 12.7. The Kier molecular flexibility index (Phi) is 6.34. The molecule has 1 atom stereocenters. The first-order valence-corrected chi connectivity index (χ1v) is 8.58. The highest BCUT2D eigenvalue weighted by Gasteiger charge is 2.37. The number of phenolic OH excluding ortho intramolecular Hbond substituents is 1. The lowest BCUT2D eigenvalue weighted by Gasteiger charge is -2.19. The lowest BCUT2D eigenvalue weighted by molar-refractivity contribution is -0.143. The van der Waals surface area contributed by atoms with Gasteiger partial charge in [0.05, 0.1) is 18.6 Å². The Labute approximate surface area is 159 Å². The number of rotatable bonds is 5. The van der Waals surface area contributed by atoms with Gasteiger partial charge < -0.3 is 15.6 Å². The van der Waals surface area contributed by atoms with Crippen LogP contribution >= 0.6 is 0 Å². The summed E-state index contributed by atoms with van der Waals surface area (Å²) in [6.07, 6.45) is -5.46. The van der Waals surface area contributed by atoms with Crippen LogP contribution in [-0.2, 0) is 15.7 Å². The molecule has 0 radical (unpaired) electrons. The van der Waals surface area contributed by atoms with Crippen LogP contribution in [0.15, 0.2) is 24.3 Å². The molecule has 2 aromatic carbocycles. The van der Waals surface area contributed by atoms with E-state index in [1.165, 1.54) is 0 Å². The first-order valence-electron chi connectivity index (χ1n) is 8.58. The smallest absolute Gasteiger partial charge is 0.419 e. The van der Waals surface area contributed by atoms with Gasteiger partial charge in [-0.2, -0.15) is 13.2 Å². The van der Waals surface area contributed by atoms with Gasteiger partial charge in [0.15, 0.2) is 0 Å². The molecule has 0 fully saturated rings. The summed E-state index contributed by atoms with van der Waals surface area (Å²) in [5.41, 5.74) is 4.90. The highest BCUT2D eigenvalue weighted by Crippen LogP contribution is 2.41. The van der Waals surface area contributed by atoms with Gasteiger partial charge in [0.1, 0.15) is 11.6 Å². The van der Waals surface area contributed by atoms with Crippen molar-refractivity contribution in [2.75, 3.05) is 6.61 Å². The lowest BCUT2D eigenvalue weighted by Crippen LogP contribution is -2.20. The number of esters is 1. The monoisotopic (exact) mass is 399 g/mol. The third-order valence-corrected chi connectivity index (χ3v) is 4.37. The van der Waals surface area contributed by atoms with Crippen molar-refractivity contribution < 1.29 is 32.2 Å². The summed E-state index contributed by atoms with van der Waals surface area (Å²) in [7, 11) is 0. The fourth-order valence-corrected chi connectivity index (χ4v) is 2.94. The molecule has 4 nitrogen and oxygen atoms in total. The zero-order valence-corrected chi connectivity index (χ0v) is 15.7. The third-order valence-electron chi connectivity index (χ3n) is 4.37. The maximum absolute atomic E-state index is 14.6. The number of nitrogens with two attached hydrogens (primary N) is 1. The quantitative estimate of drug-likeness (QED) is 0.560. The molecule has 0 heterocycles. The van der Waals surface area contributed by atoms with Gasteiger partial charge in [0, 0.05) is 17.2 Å². The number of halogens is 4. The molecule has 3 N–H and O–H groups in total.